The van der Waals surface area contributed by atoms with Crippen molar-refractivity contribution in [3.05, 3.63) is 44.1 Å². The number of nitrogens with one attached hydrogen (secondary N) is 1. The van der Waals surface area contributed by atoms with Crippen LogP contribution in [-0.4, -0.2) is 44.1 Å². The molecule has 0 spiro atoms. The Balaban J connectivity index is 2.09. The van der Waals surface area contributed by atoms with Gasteiger partial charge in [-0.05, 0) is 57.6 Å². The summed E-state index contributed by atoms with van der Waals surface area (Å²) in [5.74, 6) is 0.300. The van der Waals surface area contributed by atoms with Gasteiger partial charge in [0.15, 0.2) is 11.5 Å². The molecule has 2 aliphatic heterocycles. The van der Waals surface area contributed by atoms with Gasteiger partial charge in [-0.2, -0.15) is 4.98 Å². The summed E-state index contributed by atoms with van der Waals surface area (Å²) in [5.41, 5.74) is 0.391. The molecule has 0 unspecified atom stereocenters. The summed E-state index contributed by atoms with van der Waals surface area (Å²) >= 11 is 6.19. The molecule has 27 heavy (non-hydrogen) atoms. The summed E-state index contributed by atoms with van der Waals surface area (Å²) in [6.45, 7) is 9.41. The second-order valence-corrected chi connectivity index (χ2v) is 7.11. The number of H-pyrrole nitrogens is 1. The molecule has 3 rings (SSSR count). The third-order valence-corrected chi connectivity index (χ3v) is 5.18. The van der Waals surface area contributed by atoms with E-state index in [1.165, 1.54) is 0 Å². The highest BCUT2D eigenvalue weighted by Crippen LogP contribution is 2.28. The lowest BCUT2D eigenvalue weighted by Crippen LogP contribution is -2.30. The predicted molar refractivity (Wildman–Crippen MR) is 108 cm³/mol. The van der Waals surface area contributed by atoms with E-state index in [4.69, 9.17) is 11.6 Å². The van der Waals surface area contributed by atoms with Crippen LogP contribution >= 0.6 is 11.6 Å². The van der Waals surface area contributed by atoms with Gasteiger partial charge in [-0.25, -0.2) is 9.78 Å². The quantitative estimate of drug-likeness (QED) is 0.628. The molecule has 0 fully saturated rings. The van der Waals surface area contributed by atoms with E-state index >= 15 is 0 Å². The standard InChI is InChI=1S/C19H24ClN5O2/c1-4-24(5-2)10-6-7-12(3)25-15-11-13(20)8-9-14(15)21-16-17(25)22-19(27)23-18(16)26/h8-9,11-12H,4-7,10H2,1-3H3,(H,23,26,27)/t12-/m1/s1. The number of benzene rings is 1. The van der Waals surface area contributed by atoms with Gasteiger partial charge in [0.25, 0.3) is 5.56 Å². The number of hydrogen-bond acceptors (Lipinski definition) is 5. The van der Waals surface area contributed by atoms with Crippen LogP contribution in [0, 0.1) is 0 Å². The molecule has 0 aliphatic carbocycles. The Morgan fingerprint density at radius 1 is 1.22 bits per heavy atom. The summed E-state index contributed by atoms with van der Waals surface area (Å²) < 4.78 is 1.92. The zero-order chi connectivity index (χ0) is 19.6. The van der Waals surface area contributed by atoms with Crippen LogP contribution in [-0.2, 0) is 0 Å². The van der Waals surface area contributed by atoms with Crippen molar-refractivity contribution in [2.75, 3.05) is 19.6 Å². The molecule has 1 aromatic carbocycles. The molecule has 0 bridgehead atoms. The highest BCUT2D eigenvalue weighted by molar-refractivity contribution is 6.31. The SMILES string of the molecule is CCN(CC)CCC[C@@H](C)n1c2nc(=O)[nH]c(=O)c-2nc2ccc(Cl)cc21. The minimum absolute atomic E-state index is 0.0285. The summed E-state index contributed by atoms with van der Waals surface area (Å²) in [6.07, 6.45) is 1.87. The monoisotopic (exact) mass is 389 g/mol. The molecule has 1 aromatic rings. The maximum Gasteiger partial charge on any atom is 0.349 e. The van der Waals surface area contributed by atoms with Gasteiger partial charge in [0.1, 0.15) is 0 Å². The average Bonchev–Trinajstić information content (AvgIpc) is 2.63. The Kier molecular flexibility index (Phi) is 5.92. The Morgan fingerprint density at radius 3 is 2.67 bits per heavy atom. The van der Waals surface area contributed by atoms with Crippen molar-refractivity contribution in [1.82, 2.24) is 24.4 Å². The minimum Gasteiger partial charge on any atom is -0.319 e. The van der Waals surface area contributed by atoms with Crippen molar-refractivity contribution in [2.24, 2.45) is 0 Å². The van der Waals surface area contributed by atoms with E-state index in [9.17, 15) is 9.59 Å². The molecule has 144 valence electrons. The Hall–Kier alpha value is -2.25. The molecular weight excluding hydrogens is 366 g/mol. The molecule has 8 heteroatoms. The van der Waals surface area contributed by atoms with Crippen molar-refractivity contribution in [1.29, 1.82) is 0 Å². The molecule has 2 heterocycles. The second kappa shape index (κ2) is 8.19. The molecule has 2 aliphatic rings. The van der Waals surface area contributed by atoms with Gasteiger partial charge in [0.05, 0.1) is 11.0 Å². The lowest BCUT2D eigenvalue weighted by molar-refractivity contribution is 0.289. The first kappa shape index (κ1) is 19.5. The first-order valence-electron chi connectivity index (χ1n) is 9.28. The maximum absolute atomic E-state index is 12.3. The van der Waals surface area contributed by atoms with Crippen LogP contribution in [0.4, 0.5) is 0 Å². The van der Waals surface area contributed by atoms with E-state index in [-0.39, 0.29) is 11.7 Å². The van der Waals surface area contributed by atoms with Crippen molar-refractivity contribution in [3.8, 4) is 11.5 Å². The Morgan fingerprint density at radius 2 is 1.96 bits per heavy atom. The van der Waals surface area contributed by atoms with E-state index in [1.807, 2.05) is 4.57 Å². The minimum atomic E-state index is -0.667. The van der Waals surface area contributed by atoms with Crippen molar-refractivity contribution < 1.29 is 0 Å². The first-order chi connectivity index (χ1) is 12.9. The van der Waals surface area contributed by atoms with Gasteiger partial charge >= 0.3 is 5.69 Å². The molecule has 0 saturated heterocycles. The fourth-order valence-corrected chi connectivity index (χ4v) is 3.61. The Bertz CT molecular complexity index is 1020. The van der Waals surface area contributed by atoms with E-state index in [0.717, 1.165) is 38.0 Å². The molecule has 1 N–H and O–H groups in total. The van der Waals surface area contributed by atoms with Gasteiger partial charge in [-0.1, -0.05) is 25.4 Å². The van der Waals surface area contributed by atoms with E-state index in [2.05, 4.69) is 40.6 Å². The largest absolute Gasteiger partial charge is 0.349 e. The molecule has 7 nitrogen and oxygen atoms in total. The molecule has 1 atom stereocenters. The van der Waals surface area contributed by atoms with Gasteiger partial charge in [-0.3, -0.25) is 9.78 Å². The van der Waals surface area contributed by atoms with Crippen LogP contribution in [0.5, 0.6) is 0 Å². The average molecular weight is 390 g/mol. The normalized spacial score (nSPS) is 12.9. The number of aromatic amines is 1. The van der Waals surface area contributed by atoms with Crippen LogP contribution in [0.3, 0.4) is 0 Å². The fraction of sp³-hybridized carbons (Fsp3) is 0.474. The fourth-order valence-electron chi connectivity index (χ4n) is 3.45. The van der Waals surface area contributed by atoms with Crippen LogP contribution < -0.4 is 11.2 Å². The third-order valence-electron chi connectivity index (χ3n) is 4.94. The molecule has 0 saturated carbocycles. The van der Waals surface area contributed by atoms with Gasteiger partial charge < -0.3 is 9.47 Å². The number of halogens is 1. The predicted octanol–water partition coefficient (Wildman–Crippen LogP) is 2.92. The van der Waals surface area contributed by atoms with E-state index in [0.29, 0.717) is 16.4 Å². The smallest absolute Gasteiger partial charge is 0.319 e. The maximum atomic E-state index is 12.3. The van der Waals surface area contributed by atoms with Crippen molar-refractivity contribution in [3.63, 3.8) is 0 Å². The number of rotatable bonds is 7. The van der Waals surface area contributed by atoms with Gasteiger partial charge in [0.2, 0.25) is 0 Å². The number of nitrogens with zero attached hydrogens (tertiary/aromatic N) is 4. The van der Waals surface area contributed by atoms with Crippen LogP contribution in [0.2, 0.25) is 5.02 Å². The zero-order valence-corrected chi connectivity index (χ0v) is 16.6. The molecule has 0 radical (unpaired) electrons. The second-order valence-electron chi connectivity index (χ2n) is 6.68. The summed E-state index contributed by atoms with van der Waals surface area (Å²) in [4.78, 5) is 37.1. The van der Waals surface area contributed by atoms with Crippen molar-refractivity contribution >= 4 is 22.6 Å². The molecule has 0 aromatic heterocycles. The number of aromatic nitrogens is 4. The lowest BCUT2D eigenvalue weighted by Gasteiger charge is -2.24. The highest BCUT2D eigenvalue weighted by Gasteiger charge is 2.21. The van der Waals surface area contributed by atoms with Crippen molar-refractivity contribution in [2.45, 2.75) is 39.7 Å². The lowest BCUT2D eigenvalue weighted by atomic mass is 10.1. The summed E-state index contributed by atoms with van der Waals surface area (Å²) in [7, 11) is 0. The highest BCUT2D eigenvalue weighted by atomic mass is 35.5. The van der Waals surface area contributed by atoms with E-state index < -0.39 is 11.2 Å². The van der Waals surface area contributed by atoms with Crippen LogP contribution in [0.1, 0.15) is 39.7 Å². The number of fused-ring (bicyclic) bond motifs is 2. The summed E-state index contributed by atoms with van der Waals surface area (Å²) in [6, 6.07) is 5.35. The van der Waals surface area contributed by atoms with Gasteiger partial charge in [0, 0.05) is 11.1 Å². The number of hydrogen-bond donors (Lipinski definition) is 1. The first-order valence-corrected chi connectivity index (χ1v) is 9.66. The third kappa shape index (κ3) is 4.04. The van der Waals surface area contributed by atoms with Crippen LogP contribution in [0.15, 0.2) is 27.8 Å². The Labute approximate surface area is 162 Å². The molecule has 0 amide bonds. The topological polar surface area (TPSA) is 83.9 Å². The van der Waals surface area contributed by atoms with Gasteiger partial charge in [-0.15, -0.1) is 0 Å². The summed E-state index contributed by atoms with van der Waals surface area (Å²) in [5, 5.41) is 0.569. The molecular formula is C19H24ClN5O2. The zero-order valence-electron chi connectivity index (χ0n) is 15.8. The van der Waals surface area contributed by atoms with E-state index in [1.54, 1.807) is 18.2 Å². The van der Waals surface area contributed by atoms with Crippen LogP contribution in [0.25, 0.3) is 22.6 Å².